The van der Waals surface area contributed by atoms with Crippen molar-refractivity contribution in [1.82, 2.24) is 9.80 Å². The Balaban J connectivity index is 1.92. The van der Waals surface area contributed by atoms with Crippen molar-refractivity contribution in [3.05, 3.63) is 0 Å². The summed E-state index contributed by atoms with van der Waals surface area (Å²) in [5.74, 6) is 0.808. The second-order valence-electron chi connectivity index (χ2n) is 5.84. The van der Waals surface area contributed by atoms with E-state index >= 15 is 0 Å². The summed E-state index contributed by atoms with van der Waals surface area (Å²) in [4.78, 5) is 5.43. The smallest absolute Gasteiger partial charge is 0.0223 e. The number of piperidine rings is 1. The number of fused-ring (bicyclic) bond motifs is 1. The number of hydrogen-bond donors (Lipinski definition) is 0. The van der Waals surface area contributed by atoms with Crippen LogP contribution >= 0.6 is 0 Å². The molecule has 2 heteroatoms. The van der Waals surface area contributed by atoms with E-state index in [1.165, 1.54) is 45.4 Å². The molecule has 0 amide bonds. The van der Waals surface area contributed by atoms with E-state index in [9.17, 15) is 0 Å². The van der Waals surface area contributed by atoms with Gasteiger partial charge in [0.1, 0.15) is 0 Å². The van der Waals surface area contributed by atoms with Crippen molar-refractivity contribution < 1.29 is 0 Å². The summed E-state index contributed by atoms with van der Waals surface area (Å²) < 4.78 is 0. The van der Waals surface area contributed by atoms with Gasteiger partial charge in [-0.05, 0) is 32.2 Å². The highest BCUT2D eigenvalue weighted by Crippen LogP contribution is 2.24. The monoisotopic (exact) mass is 210 g/mol. The SMILES string of the molecule is CC(C)CN1CC2CCCCN2CC1C. The molecule has 0 saturated carbocycles. The normalized spacial score (nSPS) is 34.4. The maximum Gasteiger partial charge on any atom is 0.0223 e. The van der Waals surface area contributed by atoms with E-state index in [0.717, 1.165) is 18.0 Å². The molecule has 2 aliphatic heterocycles. The summed E-state index contributed by atoms with van der Waals surface area (Å²) in [6.45, 7) is 12.3. The van der Waals surface area contributed by atoms with Crippen LogP contribution in [0.15, 0.2) is 0 Å². The lowest BCUT2D eigenvalue weighted by Crippen LogP contribution is -2.59. The van der Waals surface area contributed by atoms with Crippen molar-refractivity contribution in [1.29, 1.82) is 0 Å². The molecule has 88 valence electrons. The maximum atomic E-state index is 2.73. The first-order chi connectivity index (χ1) is 7.16. The standard InChI is InChI=1S/C13H26N2/c1-11(2)8-15-10-13-6-4-5-7-14(13)9-12(15)3/h11-13H,4-10H2,1-3H3. The maximum absolute atomic E-state index is 2.73. The third-order valence-electron chi connectivity index (χ3n) is 3.92. The lowest BCUT2D eigenvalue weighted by atomic mass is 9.96. The van der Waals surface area contributed by atoms with E-state index in [1.54, 1.807) is 0 Å². The fraction of sp³-hybridized carbons (Fsp3) is 1.00. The zero-order valence-electron chi connectivity index (χ0n) is 10.6. The predicted octanol–water partition coefficient (Wildman–Crippen LogP) is 2.20. The second-order valence-corrected chi connectivity index (χ2v) is 5.84. The molecule has 0 aliphatic carbocycles. The molecule has 2 fully saturated rings. The highest BCUT2D eigenvalue weighted by atomic mass is 15.3. The van der Waals surface area contributed by atoms with Crippen LogP contribution in [-0.2, 0) is 0 Å². The Kier molecular flexibility index (Phi) is 3.68. The molecule has 2 rings (SSSR count). The van der Waals surface area contributed by atoms with Gasteiger partial charge < -0.3 is 0 Å². The molecule has 0 aromatic rings. The van der Waals surface area contributed by atoms with Gasteiger partial charge in [-0.1, -0.05) is 20.3 Å². The van der Waals surface area contributed by atoms with E-state index in [4.69, 9.17) is 0 Å². The van der Waals surface area contributed by atoms with Crippen LogP contribution in [0.3, 0.4) is 0 Å². The highest BCUT2D eigenvalue weighted by molar-refractivity contribution is 4.89. The molecule has 2 unspecified atom stereocenters. The van der Waals surface area contributed by atoms with Crippen LogP contribution in [0.1, 0.15) is 40.0 Å². The Bertz CT molecular complexity index is 203. The lowest BCUT2D eigenvalue weighted by molar-refractivity contribution is 0.00997. The minimum absolute atomic E-state index is 0.766. The van der Waals surface area contributed by atoms with Gasteiger partial charge in [0.05, 0.1) is 0 Å². The van der Waals surface area contributed by atoms with Gasteiger partial charge in [0.2, 0.25) is 0 Å². The van der Waals surface area contributed by atoms with Crippen LogP contribution < -0.4 is 0 Å². The quantitative estimate of drug-likeness (QED) is 0.689. The van der Waals surface area contributed by atoms with Crippen LogP contribution in [0.2, 0.25) is 0 Å². The fourth-order valence-electron chi connectivity index (χ4n) is 3.14. The largest absolute Gasteiger partial charge is 0.298 e. The van der Waals surface area contributed by atoms with Gasteiger partial charge in [-0.25, -0.2) is 0 Å². The zero-order chi connectivity index (χ0) is 10.8. The lowest BCUT2D eigenvalue weighted by Gasteiger charge is -2.48. The average molecular weight is 210 g/mol. The van der Waals surface area contributed by atoms with Gasteiger partial charge in [-0.2, -0.15) is 0 Å². The van der Waals surface area contributed by atoms with Crippen molar-refractivity contribution in [3.63, 3.8) is 0 Å². The summed E-state index contributed by atoms with van der Waals surface area (Å²) in [7, 11) is 0. The Morgan fingerprint density at radius 1 is 1.20 bits per heavy atom. The molecule has 0 bridgehead atoms. The van der Waals surface area contributed by atoms with E-state index in [0.29, 0.717) is 0 Å². The first kappa shape index (κ1) is 11.4. The molecule has 0 spiro atoms. The Morgan fingerprint density at radius 3 is 2.73 bits per heavy atom. The van der Waals surface area contributed by atoms with Crippen LogP contribution in [0.4, 0.5) is 0 Å². The van der Waals surface area contributed by atoms with Gasteiger partial charge in [0, 0.05) is 31.7 Å². The molecule has 2 heterocycles. The van der Waals surface area contributed by atoms with E-state index in [1.807, 2.05) is 0 Å². The van der Waals surface area contributed by atoms with Crippen LogP contribution in [-0.4, -0.2) is 48.1 Å². The van der Waals surface area contributed by atoms with Crippen LogP contribution in [0.5, 0.6) is 0 Å². The van der Waals surface area contributed by atoms with E-state index < -0.39 is 0 Å². The van der Waals surface area contributed by atoms with Gasteiger partial charge in [-0.15, -0.1) is 0 Å². The van der Waals surface area contributed by atoms with Crippen molar-refractivity contribution in [3.8, 4) is 0 Å². The van der Waals surface area contributed by atoms with E-state index in [-0.39, 0.29) is 0 Å². The zero-order valence-corrected chi connectivity index (χ0v) is 10.6. The predicted molar refractivity (Wildman–Crippen MR) is 65.1 cm³/mol. The number of hydrogen-bond acceptors (Lipinski definition) is 2. The van der Waals surface area contributed by atoms with Gasteiger partial charge in [-0.3, -0.25) is 9.80 Å². The average Bonchev–Trinajstić information content (AvgIpc) is 2.18. The van der Waals surface area contributed by atoms with Gasteiger partial charge in [0.15, 0.2) is 0 Å². The molecule has 2 nitrogen and oxygen atoms in total. The first-order valence-electron chi connectivity index (χ1n) is 6.65. The molecule has 0 N–H and O–H groups in total. The number of nitrogens with zero attached hydrogens (tertiary/aromatic N) is 2. The molecule has 2 atom stereocenters. The molecule has 15 heavy (non-hydrogen) atoms. The first-order valence-corrected chi connectivity index (χ1v) is 6.65. The second kappa shape index (κ2) is 4.84. The van der Waals surface area contributed by atoms with Gasteiger partial charge >= 0.3 is 0 Å². The topological polar surface area (TPSA) is 6.48 Å². The molecule has 2 saturated heterocycles. The Labute approximate surface area is 94.6 Å². The summed E-state index contributed by atoms with van der Waals surface area (Å²) in [5.41, 5.74) is 0. The Morgan fingerprint density at radius 2 is 2.00 bits per heavy atom. The minimum atomic E-state index is 0.766. The number of rotatable bonds is 2. The van der Waals surface area contributed by atoms with Crippen molar-refractivity contribution in [2.75, 3.05) is 26.2 Å². The molecule has 0 aromatic carbocycles. The Hall–Kier alpha value is -0.0800. The van der Waals surface area contributed by atoms with Gasteiger partial charge in [0.25, 0.3) is 0 Å². The molecule has 0 aromatic heterocycles. The molecular weight excluding hydrogens is 184 g/mol. The third kappa shape index (κ3) is 2.73. The summed E-state index contributed by atoms with van der Waals surface area (Å²) >= 11 is 0. The van der Waals surface area contributed by atoms with E-state index in [2.05, 4.69) is 30.6 Å². The van der Waals surface area contributed by atoms with Crippen molar-refractivity contribution in [2.24, 2.45) is 5.92 Å². The van der Waals surface area contributed by atoms with Crippen molar-refractivity contribution >= 4 is 0 Å². The summed E-state index contributed by atoms with van der Waals surface area (Å²) in [6.07, 6.45) is 4.31. The number of piperazine rings is 1. The highest BCUT2D eigenvalue weighted by Gasteiger charge is 2.32. The molecular formula is C13H26N2. The van der Waals surface area contributed by atoms with Crippen LogP contribution in [0.25, 0.3) is 0 Å². The summed E-state index contributed by atoms with van der Waals surface area (Å²) in [5, 5.41) is 0. The fourth-order valence-corrected chi connectivity index (χ4v) is 3.14. The van der Waals surface area contributed by atoms with Crippen molar-refractivity contribution in [2.45, 2.75) is 52.1 Å². The minimum Gasteiger partial charge on any atom is -0.298 e. The summed E-state index contributed by atoms with van der Waals surface area (Å²) in [6, 6.07) is 1.63. The molecule has 0 radical (unpaired) electrons. The van der Waals surface area contributed by atoms with Crippen LogP contribution in [0, 0.1) is 5.92 Å². The molecule has 2 aliphatic rings. The third-order valence-corrected chi connectivity index (χ3v) is 3.92.